The summed E-state index contributed by atoms with van der Waals surface area (Å²) >= 11 is 0. The van der Waals surface area contributed by atoms with Crippen LogP contribution in [0.15, 0.2) is 6.33 Å². The van der Waals surface area contributed by atoms with Crippen LogP contribution in [-0.4, -0.2) is 21.7 Å². The van der Waals surface area contributed by atoms with Gasteiger partial charge < -0.3 is 12.9 Å². The fraction of sp³-hybridized carbons (Fsp3) is 0.500. The van der Waals surface area contributed by atoms with Crippen molar-refractivity contribution in [1.82, 2.24) is 14.8 Å². The molecule has 1 aromatic rings. The summed E-state index contributed by atoms with van der Waals surface area (Å²) in [6.07, 6.45) is 0.146. The van der Waals surface area contributed by atoms with E-state index >= 15 is 0 Å². The van der Waals surface area contributed by atoms with E-state index < -0.39 is 13.3 Å². The molecular weight excluding hydrogens is 197 g/mol. The van der Waals surface area contributed by atoms with Crippen LogP contribution >= 0.6 is 0 Å². The predicted molar refractivity (Wildman–Crippen MR) is 33.8 cm³/mol. The van der Waals surface area contributed by atoms with Crippen molar-refractivity contribution in [3.8, 4) is 0 Å². The average Bonchev–Trinajstić information content (AvgIpc) is 2.12. The summed E-state index contributed by atoms with van der Waals surface area (Å²) in [6.45, 7) is -4.80. The molecule has 0 aromatic carbocycles. The first-order valence-corrected chi connectivity index (χ1v) is 3.03. The molecule has 0 unspecified atom stereocenters. The van der Waals surface area contributed by atoms with Crippen LogP contribution < -0.4 is 51.4 Å². The number of aromatic nitrogens is 3. The van der Waals surface area contributed by atoms with E-state index in [-0.39, 0.29) is 57.2 Å². The Hall–Kier alpha value is 0.631. The molecule has 0 aliphatic rings. The zero-order valence-electron chi connectivity index (χ0n) is 6.84. The van der Waals surface area contributed by atoms with Crippen LogP contribution in [-0.2, 0) is 13.4 Å². The number of rotatable bonds is 2. The Balaban J connectivity index is 0.00000121. The standard InChI is InChI=1S/C4H6BF3N3.K/c1-11-4(9-3-10-11)2-5(6,7)8;/h3H,2H2,1H3;/q-1;+1. The van der Waals surface area contributed by atoms with Crippen LogP contribution in [0.4, 0.5) is 12.9 Å². The molecule has 0 N–H and O–H groups in total. The summed E-state index contributed by atoms with van der Waals surface area (Å²) < 4.78 is 36.5. The third kappa shape index (κ3) is 4.04. The van der Waals surface area contributed by atoms with Gasteiger partial charge in [-0.15, -0.1) is 0 Å². The molecule has 1 rings (SSSR count). The first kappa shape index (κ1) is 12.6. The molecule has 62 valence electrons. The normalized spacial score (nSPS) is 11.0. The van der Waals surface area contributed by atoms with E-state index in [1.54, 1.807) is 0 Å². The number of aryl methyl sites for hydroxylation is 1. The SMILES string of the molecule is Cn1ncnc1C[B-](F)(F)F.[K+]. The summed E-state index contributed by atoms with van der Waals surface area (Å²) in [4.78, 5) is 3.45. The summed E-state index contributed by atoms with van der Waals surface area (Å²) in [6, 6.07) is 0. The van der Waals surface area contributed by atoms with Crippen molar-refractivity contribution in [2.45, 2.75) is 6.32 Å². The molecule has 0 atom stereocenters. The minimum atomic E-state index is -4.80. The third-order valence-electron chi connectivity index (χ3n) is 1.22. The van der Waals surface area contributed by atoms with Gasteiger partial charge >= 0.3 is 58.4 Å². The summed E-state index contributed by atoms with van der Waals surface area (Å²) in [7, 11) is 1.43. The van der Waals surface area contributed by atoms with E-state index in [0.717, 1.165) is 11.0 Å². The van der Waals surface area contributed by atoms with Crippen LogP contribution in [0.3, 0.4) is 0 Å². The minimum absolute atomic E-state index is 0. The average molecular weight is 203 g/mol. The Kier molecular flexibility index (Phi) is 5.00. The maximum absolute atomic E-state index is 11.8. The largest absolute Gasteiger partial charge is 1.00 e. The van der Waals surface area contributed by atoms with E-state index in [2.05, 4.69) is 10.1 Å². The Morgan fingerprint density at radius 3 is 2.42 bits per heavy atom. The third-order valence-corrected chi connectivity index (χ3v) is 1.22. The van der Waals surface area contributed by atoms with Gasteiger partial charge in [0.1, 0.15) is 12.2 Å². The van der Waals surface area contributed by atoms with Gasteiger partial charge in [-0.3, -0.25) is 4.68 Å². The summed E-state index contributed by atoms with van der Waals surface area (Å²) in [5.41, 5.74) is 0. The maximum atomic E-state index is 11.8. The van der Waals surface area contributed by atoms with Gasteiger partial charge in [-0.05, 0) is 6.32 Å². The zero-order valence-corrected chi connectivity index (χ0v) is 9.96. The van der Waals surface area contributed by atoms with Crippen molar-refractivity contribution in [2.75, 3.05) is 0 Å². The molecular formula is C4H6BF3KN3. The minimum Gasteiger partial charge on any atom is -0.449 e. The molecule has 8 heteroatoms. The van der Waals surface area contributed by atoms with Crippen LogP contribution in [0.1, 0.15) is 5.82 Å². The van der Waals surface area contributed by atoms with Crippen molar-refractivity contribution in [3.05, 3.63) is 12.2 Å². The van der Waals surface area contributed by atoms with Gasteiger partial charge in [0.05, 0.1) is 0 Å². The number of nitrogens with zero attached hydrogens (tertiary/aromatic N) is 3. The van der Waals surface area contributed by atoms with Crippen molar-refractivity contribution in [2.24, 2.45) is 7.05 Å². The van der Waals surface area contributed by atoms with Gasteiger partial charge in [0.2, 0.25) is 0 Å². The van der Waals surface area contributed by atoms with E-state index in [4.69, 9.17) is 0 Å². The van der Waals surface area contributed by atoms with E-state index in [1.807, 2.05) is 0 Å². The molecule has 0 spiro atoms. The van der Waals surface area contributed by atoms with Crippen molar-refractivity contribution in [3.63, 3.8) is 0 Å². The van der Waals surface area contributed by atoms with Crippen molar-refractivity contribution in [1.29, 1.82) is 0 Å². The second kappa shape index (κ2) is 4.75. The Labute approximate surface area is 110 Å². The van der Waals surface area contributed by atoms with E-state index in [9.17, 15) is 12.9 Å². The van der Waals surface area contributed by atoms with Crippen molar-refractivity contribution >= 4 is 6.98 Å². The molecule has 1 aromatic heterocycles. The molecule has 0 aliphatic heterocycles. The summed E-state index contributed by atoms with van der Waals surface area (Å²) in [5.74, 6) is -0.0440. The quantitative estimate of drug-likeness (QED) is 0.508. The van der Waals surface area contributed by atoms with Gasteiger partial charge in [0.25, 0.3) is 0 Å². The van der Waals surface area contributed by atoms with E-state index in [1.165, 1.54) is 7.05 Å². The molecule has 0 aliphatic carbocycles. The van der Waals surface area contributed by atoms with Crippen LogP contribution in [0.25, 0.3) is 0 Å². The monoisotopic (exact) mass is 203 g/mol. The van der Waals surface area contributed by atoms with Gasteiger partial charge in [-0.1, -0.05) is 0 Å². The van der Waals surface area contributed by atoms with Crippen molar-refractivity contribution < 1.29 is 64.3 Å². The molecule has 3 nitrogen and oxygen atoms in total. The summed E-state index contributed by atoms with van der Waals surface area (Å²) in [5, 5.41) is 3.52. The zero-order chi connectivity index (χ0) is 8.48. The number of halogens is 3. The Morgan fingerprint density at radius 1 is 1.50 bits per heavy atom. The second-order valence-corrected chi connectivity index (χ2v) is 2.21. The first-order valence-electron chi connectivity index (χ1n) is 3.03. The molecule has 0 saturated carbocycles. The van der Waals surface area contributed by atoms with Gasteiger partial charge in [-0.25, -0.2) is 4.98 Å². The second-order valence-electron chi connectivity index (χ2n) is 2.21. The fourth-order valence-electron chi connectivity index (χ4n) is 0.712. The predicted octanol–water partition coefficient (Wildman–Crippen LogP) is -2.25. The van der Waals surface area contributed by atoms with Gasteiger partial charge in [0.15, 0.2) is 0 Å². The van der Waals surface area contributed by atoms with Crippen LogP contribution in [0.5, 0.6) is 0 Å². The Morgan fingerprint density at radius 2 is 2.08 bits per heavy atom. The van der Waals surface area contributed by atoms with Gasteiger partial charge in [-0.2, -0.15) is 5.10 Å². The molecule has 1 heterocycles. The topological polar surface area (TPSA) is 30.7 Å². The maximum Gasteiger partial charge on any atom is 1.00 e. The number of hydrogen-bond donors (Lipinski definition) is 0. The van der Waals surface area contributed by atoms with Gasteiger partial charge in [0, 0.05) is 7.05 Å². The molecule has 0 fully saturated rings. The molecule has 12 heavy (non-hydrogen) atoms. The smallest absolute Gasteiger partial charge is 0.449 e. The Bertz CT molecular complexity index is 248. The van der Waals surface area contributed by atoms with Crippen LogP contribution in [0.2, 0.25) is 0 Å². The van der Waals surface area contributed by atoms with Crippen LogP contribution in [0, 0.1) is 0 Å². The molecule has 0 bridgehead atoms. The molecule has 0 saturated heterocycles. The van der Waals surface area contributed by atoms with E-state index in [0.29, 0.717) is 0 Å². The molecule has 0 radical (unpaired) electrons. The molecule has 0 amide bonds. The fourth-order valence-corrected chi connectivity index (χ4v) is 0.712. The number of hydrogen-bond acceptors (Lipinski definition) is 2. The first-order chi connectivity index (χ1) is 4.99.